The number of fused-ring (bicyclic) bond motifs is 2. The van der Waals surface area contributed by atoms with Gasteiger partial charge >= 0.3 is 0 Å². The second kappa shape index (κ2) is 5.25. The highest BCUT2D eigenvalue weighted by molar-refractivity contribution is 5.85. The Balaban J connectivity index is 0.00000110. The number of amides is 1. The lowest BCUT2D eigenvalue weighted by atomic mass is 9.92. The molecule has 2 saturated heterocycles. The van der Waals surface area contributed by atoms with E-state index in [0.29, 0.717) is 11.8 Å². The van der Waals surface area contributed by atoms with Gasteiger partial charge in [0.25, 0.3) is 0 Å². The number of carbonyl (C=O) groups is 1. The predicted molar refractivity (Wildman–Crippen MR) is 77.2 cm³/mol. The van der Waals surface area contributed by atoms with Crippen LogP contribution in [0.1, 0.15) is 32.1 Å². The molecule has 0 bridgehead atoms. The Bertz CT molecular complexity index is 338. The molecule has 4 fully saturated rings. The summed E-state index contributed by atoms with van der Waals surface area (Å²) in [6.07, 6.45) is 6.47. The Hall–Kier alpha value is -0.280. The number of nitrogens with zero attached hydrogens (tertiary/aromatic N) is 1. The molecule has 2 heterocycles. The summed E-state index contributed by atoms with van der Waals surface area (Å²) in [5, 5.41) is 3.50. The van der Waals surface area contributed by atoms with Crippen molar-refractivity contribution in [3.63, 3.8) is 0 Å². The molecule has 3 nitrogen and oxygen atoms in total. The van der Waals surface area contributed by atoms with Crippen LogP contribution in [0, 0.1) is 29.6 Å². The maximum Gasteiger partial charge on any atom is 0.226 e. The van der Waals surface area contributed by atoms with Crippen LogP contribution in [0.15, 0.2) is 0 Å². The second-order valence-corrected chi connectivity index (χ2v) is 6.87. The van der Waals surface area contributed by atoms with Crippen LogP contribution in [0.5, 0.6) is 0 Å². The van der Waals surface area contributed by atoms with E-state index in [4.69, 9.17) is 0 Å². The van der Waals surface area contributed by atoms with E-state index in [2.05, 4.69) is 10.2 Å². The van der Waals surface area contributed by atoms with E-state index in [1.807, 2.05) is 0 Å². The van der Waals surface area contributed by atoms with Gasteiger partial charge in [-0.3, -0.25) is 4.79 Å². The zero-order chi connectivity index (χ0) is 12.1. The van der Waals surface area contributed by atoms with Gasteiger partial charge in [0.05, 0.1) is 0 Å². The highest BCUT2D eigenvalue weighted by Gasteiger charge is 2.57. The normalized spacial score (nSPS) is 44.0. The van der Waals surface area contributed by atoms with Crippen LogP contribution in [-0.4, -0.2) is 37.0 Å². The monoisotopic (exact) mass is 284 g/mol. The van der Waals surface area contributed by atoms with Crippen LogP contribution in [0.2, 0.25) is 0 Å². The van der Waals surface area contributed by atoms with Crippen LogP contribution in [0.3, 0.4) is 0 Å². The molecule has 0 aromatic heterocycles. The fourth-order valence-corrected chi connectivity index (χ4v) is 4.84. The van der Waals surface area contributed by atoms with Gasteiger partial charge in [-0.05, 0) is 62.4 Å². The molecule has 1 amide bonds. The van der Waals surface area contributed by atoms with Crippen molar-refractivity contribution in [1.82, 2.24) is 10.2 Å². The summed E-state index contributed by atoms with van der Waals surface area (Å²) in [6.45, 7) is 4.41. The molecule has 108 valence electrons. The maximum absolute atomic E-state index is 12.6. The van der Waals surface area contributed by atoms with E-state index < -0.39 is 0 Å². The molecule has 19 heavy (non-hydrogen) atoms. The number of hydrogen-bond donors (Lipinski definition) is 1. The number of hydrogen-bond acceptors (Lipinski definition) is 2. The minimum atomic E-state index is 0. The highest BCUT2D eigenvalue weighted by Crippen LogP contribution is 2.58. The molecular weight excluding hydrogens is 260 g/mol. The first kappa shape index (κ1) is 13.7. The standard InChI is InChI=1S/C15H24N2O.ClH/c18-15(14-12-2-1-3-13(12)14)17-6-4-10-8-16-9-11(10)5-7-17;/h10-14,16H,1-9H2;1H/t10-,11+,12?,13?,14?;. The summed E-state index contributed by atoms with van der Waals surface area (Å²) < 4.78 is 0. The fraction of sp³-hybridized carbons (Fsp3) is 0.933. The first-order valence-corrected chi connectivity index (χ1v) is 7.84. The zero-order valence-corrected chi connectivity index (χ0v) is 12.3. The highest BCUT2D eigenvalue weighted by atomic mass is 35.5. The molecule has 4 rings (SSSR count). The lowest BCUT2D eigenvalue weighted by molar-refractivity contribution is -0.133. The lowest BCUT2D eigenvalue weighted by Gasteiger charge is -2.22. The molecule has 0 aromatic rings. The average molecular weight is 285 g/mol. The molecule has 2 saturated carbocycles. The summed E-state index contributed by atoms with van der Waals surface area (Å²) in [4.78, 5) is 14.8. The first-order chi connectivity index (χ1) is 8.84. The second-order valence-electron chi connectivity index (χ2n) is 6.87. The quantitative estimate of drug-likeness (QED) is 0.798. The van der Waals surface area contributed by atoms with Crippen molar-refractivity contribution in [3.8, 4) is 0 Å². The first-order valence-electron chi connectivity index (χ1n) is 7.84. The van der Waals surface area contributed by atoms with Crippen molar-refractivity contribution in [3.05, 3.63) is 0 Å². The van der Waals surface area contributed by atoms with Gasteiger partial charge in [-0.25, -0.2) is 0 Å². The lowest BCUT2D eigenvalue weighted by Crippen LogP contribution is -2.34. The molecule has 4 heteroatoms. The summed E-state index contributed by atoms with van der Waals surface area (Å²) in [7, 11) is 0. The Kier molecular flexibility index (Phi) is 3.78. The molecule has 2 aliphatic heterocycles. The Morgan fingerprint density at radius 2 is 1.53 bits per heavy atom. The number of nitrogens with one attached hydrogen (secondary N) is 1. The van der Waals surface area contributed by atoms with Crippen LogP contribution >= 0.6 is 12.4 Å². The molecule has 2 aliphatic carbocycles. The Morgan fingerprint density at radius 3 is 2.11 bits per heavy atom. The molecule has 1 N–H and O–H groups in total. The third-order valence-corrected chi connectivity index (χ3v) is 6.02. The van der Waals surface area contributed by atoms with E-state index in [1.165, 1.54) is 45.2 Å². The summed E-state index contributed by atoms with van der Waals surface area (Å²) in [6, 6.07) is 0. The van der Waals surface area contributed by atoms with Crippen molar-refractivity contribution < 1.29 is 4.79 Å². The van der Waals surface area contributed by atoms with Crippen molar-refractivity contribution in [1.29, 1.82) is 0 Å². The van der Waals surface area contributed by atoms with Crippen LogP contribution in [0.4, 0.5) is 0 Å². The van der Waals surface area contributed by atoms with E-state index in [0.717, 1.165) is 36.8 Å². The molecule has 4 atom stereocenters. The third-order valence-electron chi connectivity index (χ3n) is 6.02. The Labute approximate surface area is 121 Å². The van der Waals surface area contributed by atoms with E-state index >= 15 is 0 Å². The van der Waals surface area contributed by atoms with Gasteiger partial charge in [0, 0.05) is 19.0 Å². The van der Waals surface area contributed by atoms with Gasteiger partial charge in [0.15, 0.2) is 0 Å². The molecular formula is C15H25ClN2O. The topological polar surface area (TPSA) is 32.3 Å². The molecule has 4 aliphatic rings. The number of carbonyl (C=O) groups excluding carboxylic acids is 1. The predicted octanol–water partition coefficient (Wildman–Crippen LogP) is 1.91. The van der Waals surface area contributed by atoms with Gasteiger partial charge in [0.2, 0.25) is 5.91 Å². The molecule has 2 unspecified atom stereocenters. The summed E-state index contributed by atoms with van der Waals surface area (Å²) in [5.74, 6) is 4.18. The molecule has 0 aromatic carbocycles. The van der Waals surface area contributed by atoms with Gasteiger partial charge in [0.1, 0.15) is 0 Å². The number of rotatable bonds is 1. The van der Waals surface area contributed by atoms with Gasteiger partial charge in [-0.1, -0.05) is 6.42 Å². The smallest absolute Gasteiger partial charge is 0.226 e. The van der Waals surface area contributed by atoms with Crippen LogP contribution in [0.25, 0.3) is 0 Å². The summed E-state index contributed by atoms with van der Waals surface area (Å²) in [5.41, 5.74) is 0. The third kappa shape index (κ3) is 2.29. The largest absolute Gasteiger partial charge is 0.342 e. The molecule has 0 radical (unpaired) electrons. The average Bonchev–Trinajstić information content (AvgIpc) is 2.74. The van der Waals surface area contributed by atoms with Crippen molar-refractivity contribution in [2.45, 2.75) is 32.1 Å². The van der Waals surface area contributed by atoms with Crippen LogP contribution < -0.4 is 5.32 Å². The number of halogens is 1. The molecule has 0 spiro atoms. The fourth-order valence-electron chi connectivity index (χ4n) is 4.84. The van der Waals surface area contributed by atoms with Gasteiger partial charge in [-0.15, -0.1) is 12.4 Å². The Morgan fingerprint density at radius 1 is 0.947 bits per heavy atom. The number of likely N-dealkylation sites (tertiary alicyclic amines) is 1. The maximum atomic E-state index is 12.6. The van der Waals surface area contributed by atoms with Crippen molar-refractivity contribution in [2.75, 3.05) is 26.2 Å². The van der Waals surface area contributed by atoms with Gasteiger partial charge < -0.3 is 10.2 Å². The van der Waals surface area contributed by atoms with Gasteiger partial charge in [-0.2, -0.15) is 0 Å². The minimum Gasteiger partial charge on any atom is -0.342 e. The van der Waals surface area contributed by atoms with Crippen molar-refractivity contribution in [2.24, 2.45) is 29.6 Å². The SMILES string of the molecule is Cl.O=C(C1C2CCCC21)N1CC[C@@H]2CNC[C@@H]2CC1. The minimum absolute atomic E-state index is 0. The summed E-state index contributed by atoms with van der Waals surface area (Å²) >= 11 is 0. The van der Waals surface area contributed by atoms with E-state index in [1.54, 1.807) is 0 Å². The zero-order valence-electron chi connectivity index (χ0n) is 11.5. The van der Waals surface area contributed by atoms with E-state index in [-0.39, 0.29) is 12.4 Å². The van der Waals surface area contributed by atoms with E-state index in [9.17, 15) is 4.79 Å². The van der Waals surface area contributed by atoms with Crippen molar-refractivity contribution >= 4 is 18.3 Å². The van der Waals surface area contributed by atoms with Crippen LogP contribution in [-0.2, 0) is 4.79 Å².